The second kappa shape index (κ2) is 11.9. The summed E-state index contributed by atoms with van der Waals surface area (Å²) in [7, 11) is 0. The van der Waals surface area contributed by atoms with E-state index in [0.29, 0.717) is 0 Å². The minimum Gasteiger partial charge on any atom is -0.0836 e. The Bertz CT molecular complexity index is 2740. The Labute approximate surface area is 293 Å². The van der Waals surface area contributed by atoms with Gasteiger partial charge in [0, 0.05) is 0 Å². The van der Waals surface area contributed by atoms with Crippen molar-refractivity contribution in [3.63, 3.8) is 0 Å². The van der Waals surface area contributed by atoms with Gasteiger partial charge in [-0.2, -0.15) is 0 Å². The highest BCUT2D eigenvalue weighted by Crippen LogP contribution is 2.42. The molecular formula is C50H36. The van der Waals surface area contributed by atoms with E-state index in [4.69, 9.17) is 0 Å². The number of hydrogen-bond acceptors (Lipinski definition) is 0. The zero-order valence-corrected chi connectivity index (χ0v) is 28.0. The smallest absolute Gasteiger partial charge is 0.00234 e. The van der Waals surface area contributed by atoms with Gasteiger partial charge in [0.2, 0.25) is 0 Å². The summed E-state index contributed by atoms with van der Waals surface area (Å²) < 4.78 is 0. The molecule has 0 aromatic heterocycles. The molecule has 8 aromatic carbocycles. The van der Waals surface area contributed by atoms with Crippen LogP contribution < -0.4 is 5.22 Å². The van der Waals surface area contributed by atoms with Gasteiger partial charge in [-0.25, -0.2) is 0 Å². The van der Waals surface area contributed by atoms with E-state index in [1.54, 1.807) is 0 Å². The molecule has 0 fully saturated rings. The highest BCUT2D eigenvalue weighted by atomic mass is 14.2. The van der Waals surface area contributed by atoms with E-state index < -0.39 is 0 Å². The second-order valence-corrected chi connectivity index (χ2v) is 13.8. The fraction of sp³-hybridized carbons (Fsp3) is 0.0800. The van der Waals surface area contributed by atoms with E-state index in [1.165, 1.54) is 98.7 Å². The average molecular weight is 637 g/mol. The van der Waals surface area contributed by atoms with Crippen LogP contribution in [0.2, 0.25) is 0 Å². The Morgan fingerprint density at radius 3 is 1.78 bits per heavy atom. The molecule has 0 aliphatic heterocycles. The summed E-state index contributed by atoms with van der Waals surface area (Å²) in [5, 5.41) is 9.71. The third kappa shape index (κ3) is 4.83. The van der Waals surface area contributed by atoms with E-state index >= 15 is 0 Å². The number of rotatable bonds is 5. The number of benzene rings is 8. The zero-order valence-electron chi connectivity index (χ0n) is 28.0. The summed E-state index contributed by atoms with van der Waals surface area (Å²) in [6.07, 6.45) is 13.8. The molecule has 0 bridgehead atoms. The van der Waals surface area contributed by atoms with Gasteiger partial charge in [0.25, 0.3) is 0 Å². The third-order valence-corrected chi connectivity index (χ3v) is 10.9. The molecule has 10 rings (SSSR count). The second-order valence-electron chi connectivity index (χ2n) is 13.8. The lowest BCUT2D eigenvalue weighted by Crippen LogP contribution is -2.10. The molecule has 0 nitrogen and oxygen atoms in total. The van der Waals surface area contributed by atoms with Crippen LogP contribution >= 0.6 is 0 Å². The molecule has 2 aliphatic carbocycles. The average Bonchev–Trinajstić information content (AvgIpc) is 3.20. The normalized spacial score (nSPS) is 13.9. The molecule has 0 atom stereocenters. The molecule has 0 radical (unpaired) electrons. The summed E-state index contributed by atoms with van der Waals surface area (Å²) in [6.45, 7) is 0. The predicted molar refractivity (Wildman–Crippen MR) is 215 cm³/mol. The minimum absolute atomic E-state index is 1.09. The zero-order chi connectivity index (χ0) is 33.0. The van der Waals surface area contributed by atoms with Gasteiger partial charge in [-0.15, -0.1) is 0 Å². The lowest BCUT2D eigenvalue weighted by molar-refractivity contribution is 1.04. The van der Waals surface area contributed by atoms with Crippen LogP contribution in [0.1, 0.15) is 30.4 Å². The summed E-state index contributed by atoms with van der Waals surface area (Å²) >= 11 is 0. The van der Waals surface area contributed by atoms with Crippen LogP contribution in [-0.2, 0) is 6.42 Å². The summed E-state index contributed by atoms with van der Waals surface area (Å²) in [4.78, 5) is 0. The van der Waals surface area contributed by atoms with Crippen molar-refractivity contribution >= 4 is 44.0 Å². The minimum atomic E-state index is 1.09. The standard InChI is InChI=1S/C50H36/c1-3-12-33(13-4-1)40-30-41(34-14-5-2-6-15-34)32-42(31-40)38-20-7-18-36(28-38)37-19-8-21-39(29-37)43-26-27-48-46-23-10-17-35-16-9-22-45(49(35)46)47-25-11-24-44(43)50(47)48/h1,3-5,7-9,11-22,24-32H,2,6,10,23H2. The first kappa shape index (κ1) is 29.0. The molecule has 50 heavy (non-hydrogen) atoms. The lowest BCUT2D eigenvalue weighted by Gasteiger charge is -2.20. The van der Waals surface area contributed by atoms with Crippen LogP contribution in [0.15, 0.2) is 164 Å². The Morgan fingerprint density at radius 1 is 0.360 bits per heavy atom. The first-order valence-electron chi connectivity index (χ1n) is 18.0. The van der Waals surface area contributed by atoms with Gasteiger partial charge in [0.1, 0.15) is 0 Å². The van der Waals surface area contributed by atoms with Gasteiger partial charge in [-0.3, -0.25) is 0 Å². The van der Waals surface area contributed by atoms with Gasteiger partial charge in [-0.1, -0.05) is 140 Å². The van der Waals surface area contributed by atoms with Crippen molar-refractivity contribution in [3.8, 4) is 44.5 Å². The monoisotopic (exact) mass is 636 g/mol. The molecule has 0 N–H and O–H groups in total. The van der Waals surface area contributed by atoms with Gasteiger partial charge in [0.15, 0.2) is 0 Å². The molecule has 2 aliphatic rings. The van der Waals surface area contributed by atoms with Gasteiger partial charge in [-0.05, 0) is 155 Å². The van der Waals surface area contributed by atoms with Crippen LogP contribution in [0.4, 0.5) is 0 Å². The molecule has 0 heteroatoms. The Morgan fingerprint density at radius 2 is 0.980 bits per heavy atom. The van der Waals surface area contributed by atoms with E-state index in [-0.39, 0.29) is 0 Å². The molecule has 0 unspecified atom stereocenters. The van der Waals surface area contributed by atoms with Gasteiger partial charge < -0.3 is 0 Å². The number of aryl methyl sites for hydroxylation is 1. The van der Waals surface area contributed by atoms with E-state index in [0.717, 1.165) is 25.7 Å². The highest BCUT2D eigenvalue weighted by molar-refractivity contribution is 6.25. The van der Waals surface area contributed by atoms with Crippen molar-refractivity contribution in [1.82, 2.24) is 0 Å². The highest BCUT2D eigenvalue weighted by Gasteiger charge is 2.18. The molecule has 236 valence electrons. The van der Waals surface area contributed by atoms with Crippen LogP contribution in [0.25, 0.3) is 88.5 Å². The first-order valence-corrected chi connectivity index (χ1v) is 18.0. The molecule has 0 saturated heterocycles. The molecular weight excluding hydrogens is 601 g/mol. The molecule has 0 spiro atoms. The molecule has 0 amide bonds. The molecule has 8 aromatic rings. The molecule has 0 saturated carbocycles. The van der Waals surface area contributed by atoms with Crippen molar-refractivity contribution in [2.75, 3.05) is 0 Å². The Hall–Kier alpha value is -5.98. The fourth-order valence-corrected chi connectivity index (χ4v) is 8.53. The number of hydrogen-bond donors (Lipinski definition) is 0. The topological polar surface area (TPSA) is 0 Å². The van der Waals surface area contributed by atoms with Crippen LogP contribution in [0.5, 0.6) is 0 Å². The first-order chi connectivity index (χ1) is 24.8. The van der Waals surface area contributed by atoms with Gasteiger partial charge >= 0.3 is 0 Å². The third-order valence-electron chi connectivity index (χ3n) is 10.9. The van der Waals surface area contributed by atoms with Crippen molar-refractivity contribution < 1.29 is 0 Å². The van der Waals surface area contributed by atoms with E-state index in [9.17, 15) is 0 Å². The number of fused-ring (bicyclic) bond motifs is 2. The summed E-state index contributed by atoms with van der Waals surface area (Å²) in [6, 6.07) is 54.5. The van der Waals surface area contributed by atoms with E-state index in [2.05, 4.69) is 170 Å². The van der Waals surface area contributed by atoms with Crippen LogP contribution in [-0.4, -0.2) is 0 Å². The van der Waals surface area contributed by atoms with Crippen molar-refractivity contribution in [1.29, 1.82) is 0 Å². The lowest BCUT2D eigenvalue weighted by atomic mass is 9.84. The van der Waals surface area contributed by atoms with Crippen molar-refractivity contribution in [2.24, 2.45) is 0 Å². The Kier molecular flexibility index (Phi) is 6.88. The van der Waals surface area contributed by atoms with Crippen LogP contribution in [0, 0.1) is 0 Å². The Balaban J connectivity index is 1.09. The van der Waals surface area contributed by atoms with Crippen molar-refractivity contribution in [2.45, 2.75) is 25.7 Å². The largest absolute Gasteiger partial charge is 0.0836 e. The maximum absolute atomic E-state index is 2.41. The maximum Gasteiger partial charge on any atom is -0.00234 e. The SMILES string of the molecule is C1=CC(c2cc(-c3ccccc3)cc(-c3cccc(-c4cccc(-c5ccc6c7c8c(cccc8c8cccc5c68)=CCC7)c4)c3)c2)=CCC1. The number of allylic oxidation sites excluding steroid dienone is 4. The van der Waals surface area contributed by atoms with Crippen molar-refractivity contribution in [3.05, 3.63) is 180 Å². The summed E-state index contributed by atoms with van der Waals surface area (Å²) in [5.74, 6) is 0. The van der Waals surface area contributed by atoms with Crippen LogP contribution in [0.3, 0.4) is 0 Å². The summed E-state index contributed by atoms with van der Waals surface area (Å²) in [5.41, 5.74) is 14.1. The fourth-order valence-electron chi connectivity index (χ4n) is 8.53. The van der Waals surface area contributed by atoms with E-state index in [1.807, 2.05) is 0 Å². The predicted octanol–water partition coefficient (Wildman–Crippen LogP) is 13.0. The quantitative estimate of drug-likeness (QED) is 0.130. The maximum atomic E-state index is 2.41. The molecule has 0 heterocycles. The van der Waals surface area contributed by atoms with Gasteiger partial charge in [0.05, 0.1) is 0 Å².